The summed E-state index contributed by atoms with van der Waals surface area (Å²) in [6.07, 6.45) is 1.71. The van der Waals surface area contributed by atoms with E-state index in [-0.39, 0.29) is 24.6 Å². The topological polar surface area (TPSA) is 112 Å². The molecule has 3 amide bonds. The van der Waals surface area contributed by atoms with Gasteiger partial charge >= 0.3 is 6.03 Å². The van der Waals surface area contributed by atoms with Crippen LogP contribution in [0.3, 0.4) is 0 Å². The zero-order valence-electron chi connectivity index (χ0n) is 21.2. The molecule has 3 aromatic carbocycles. The Labute approximate surface area is 227 Å². The average molecular weight is 527 g/mol. The molecule has 1 aliphatic heterocycles. The van der Waals surface area contributed by atoms with Crippen molar-refractivity contribution in [2.24, 2.45) is 0 Å². The molecule has 0 spiro atoms. The second-order valence-corrected chi connectivity index (χ2v) is 9.55. The normalized spacial score (nSPS) is 13.3. The number of H-pyrrole nitrogens is 1. The highest BCUT2D eigenvalue weighted by Crippen LogP contribution is 2.35. The molecule has 0 bridgehead atoms. The summed E-state index contributed by atoms with van der Waals surface area (Å²) in [5.41, 5.74) is 5.40. The molecular weight excluding hydrogens is 504 g/mol. The molecule has 1 aliphatic rings. The highest BCUT2D eigenvalue weighted by molar-refractivity contribution is 6.02. The Morgan fingerprint density at radius 2 is 1.52 bits per heavy atom. The van der Waals surface area contributed by atoms with Crippen LogP contribution in [-0.2, 0) is 11.3 Å². The third-order valence-electron chi connectivity index (χ3n) is 7.12. The van der Waals surface area contributed by atoms with Gasteiger partial charge in [-0.2, -0.15) is 9.61 Å². The molecule has 7 rings (SSSR count). The Kier molecular flexibility index (Phi) is 5.48. The van der Waals surface area contributed by atoms with Gasteiger partial charge in [0, 0.05) is 17.1 Å². The van der Waals surface area contributed by atoms with Crippen molar-refractivity contribution in [3.8, 4) is 33.5 Å². The van der Waals surface area contributed by atoms with Crippen LogP contribution in [0.15, 0.2) is 102 Å². The number of hydrogen-bond acceptors (Lipinski definition) is 5. The number of benzene rings is 3. The first kappa shape index (κ1) is 23.5. The molecule has 4 heterocycles. The fourth-order valence-corrected chi connectivity index (χ4v) is 5.22. The summed E-state index contributed by atoms with van der Waals surface area (Å²) in [5.74, 6) is -0.360. The summed E-state index contributed by atoms with van der Waals surface area (Å²) >= 11 is 0. The first-order valence-electron chi connectivity index (χ1n) is 12.8. The van der Waals surface area contributed by atoms with Gasteiger partial charge in [-0.1, -0.05) is 72.8 Å². The molecule has 6 aromatic rings. The molecule has 1 saturated heterocycles. The minimum Gasteiger partial charge on any atom is -0.341 e. The SMILES string of the molecule is O=C1CNC(=O)N1Cc1[nH]c2c(-c3ccccc3)c(-c3ccccc3)nn2c(=O)c1-c1ccc2ncccc2c1. The van der Waals surface area contributed by atoms with E-state index in [0.29, 0.717) is 28.2 Å². The number of rotatable bonds is 5. The smallest absolute Gasteiger partial charge is 0.324 e. The van der Waals surface area contributed by atoms with Crippen LogP contribution < -0.4 is 10.9 Å². The minimum atomic E-state index is -0.499. The molecule has 0 radical (unpaired) electrons. The number of nitrogens with one attached hydrogen (secondary N) is 2. The zero-order chi connectivity index (χ0) is 27.2. The van der Waals surface area contributed by atoms with E-state index < -0.39 is 6.03 Å². The molecule has 9 heteroatoms. The fraction of sp³-hybridized carbons (Fsp3) is 0.0645. The number of nitrogens with zero attached hydrogens (tertiary/aromatic N) is 4. The highest BCUT2D eigenvalue weighted by Gasteiger charge is 2.31. The Hall–Kier alpha value is -5.57. The van der Waals surface area contributed by atoms with Gasteiger partial charge < -0.3 is 10.3 Å². The maximum atomic E-state index is 14.3. The van der Waals surface area contributed by atoms with Crippen LogP contribution >= 0.6 is 0 Å². The number of aromatic nitrogens is 4. The fourth-order valence-electron chi connectivity index (χ4n) is 5.22. The molecule has 3 aromatic heterocycles. The standard InChI is InChI=1S/C31H22N6O3/c38-25-17-33-31(40)36(25)18-24-26(22-13-14-23-21(16-22)12-7-15-32-23)30(39)37-29(34-24)27(19-8-3-1-4-9-19)28(35-37)20-10-5-2-6-11-20/h1-16,34H,17-18H2,(H,33,40). The molecule has 0 atom stereocenters. The lowest BCUT2D eigenvalue weighted by atomic mass is 10.0. The highest BCUT2D eigenvalue weighted by atomic mass is 16.2. The van der Waals surface area contributed by atoms with Gasteiger partial charge in [-0.3, -0.25) is 19.5 Å². The van der Waals surface area contributed by atoms with Crippen LogP contribution in [0.2, 0.25) is 0 Å². The molecule has 40 heavy (non-hydrogen) atoms. The van der Waals surface area contributed by atoms with Crippen LogP contribution in [0.5, 0.6) is 0 Å². The summed E-state index contributed by atoms with van der Waals surface area (Å²) in [6.45, 7) is -0.181. The zero-order valence-corrected chi connectivity index (χ0v) is 21.2. The van der Waals surface area contributed by atoms with Crippen molar-refractivity contribution in [3.63, 3.8) is 0 Å². The Morgan fingerprint density at radius 1 is 0.775 bits per heavy atom. The van der Waals surface area contributed by atoms with Crippen molar-refractivity contribution >= 4 is 28.5 Å². The van der Waals surface area contributed by atoms with Crippen LogP contribution in [0.25, 0.3) is 50.1 Å². The molecule has 0 saturated carbocycles. The van der Waals surface area contributed by atoms with Gasteiger partial charge in [0.15, 0.2) is 0 Å². The quantitative estimate of drug-likeness (QED) is 0.318. The van der Waals surface area contributed by atoms with E-state index in [9.17, 15) is 14.4 Å². The van der Waals surface area contributed by atoms with E-state index in [4.69, 9.17) is 5.10 Å². The number of amides is 3. The number of aromatic amines is 1. The number of hydrogen-bond donors (Lipinski definition) is 2. The lowest BCUT2D eigenvalue weighted by molar-refractivity contribution is -0.125. The van der Waals surface area contributed by atoms with Crippen molar-refractivity contribution in [1.29, 1.82) is 0 Å². The maximum Gasteiger partial charge on any atom is 0.324 e. The maximum absolute atomic E-state index is 14.3. The van der Waals surface area contributed by atoms with Crippen LogP contribution in [0, 0.1) is 0 Å². The summed E-state index contributed by atoms with van der Waals surface area (Å²) in [6, 6.07) is 28.2. The van der Waals surface area contributed by atoms with Crippen molar-refractivity contribution in [1.82, 2.24) is 29.8 Å². The summed E-state index contributed by atoms with van der Waals surface area (Å²) in [5, 5.41) is 8.23. The van der Waals surface area contributed by atoms with Crippen LogP contribution in [0.1, 0.15) is 5.69 Å². The van der Waals surface area contributed by atoms with E-state index in [2.05, 4.69) is 15.3 Å². The summed E-state index contributed by atoms with van der Waals surface area (Å²) < 4.78 is 1.38. The lowest BCUT2D eigenvalue weighted by Gasteiger charge is -2.16. The van der Waals surface area contributed by atoms with Gasteiger partial charge in [0.2, 0.25) is 5.91 Å². The second kappa shape index (κ2) is 9.32. The molecule has 9 nitrogen and oxygen atoms in total. The largest absolute Gasteiger partial charge is 0.341 e. The molecule has 0 aliphatic carbocycles. The first-order chi connectivity index (χ1) is 19.6. The second-order valence-electron chi connectivity index (χ2n) is 9.55. The average Bonchev–Trinajstić information content (AvgIpc) is 3.53. The van der Waals surface area contributed by atoms with Crippen molar-refractivity contribution in [2.75, 3.05) is 6.54 Å². The molecule has 1 fully saturated rings. The van der Waals surface area contributed by atoms with E-state index in [0.717, 1.165) is 32.5 Å². The van der Waals surface area contributed by atoms with Gasteiger partial charge in [0.25, 0.3) is 5.56 Å². The molecule has 194 valence electrons. The summed E-state index contributed by atoms with van der Waals surface area (Å²) in [7, 11) is 0. The third kappa shape index (κ3) is 3.83. The van der Waals surface area contributed by atoms with Gasteiger partial charge in [0.05, 0.1) is 35.4 Å². The van der Waals surface area contributed by atoms with Gasteiger partial charge in [-0.25, -0.2) is 4.79 Å². The van der Waals surface area contributed by atoms with Crippen molar-refractivity contribution in [3.05, 3.63) is 113 Å². The van der Waals surface area contributed by atoms with Gasteiger partial charge in [0.1, 0.15) is 11.3 Å². The third-order valence-corrected chi connectivity index (χ3v) is 7.12. The predicted molar refractivity (Wildman–Crippen MR) is 151 cm³/mol. The van der Waals surface area contributed by atoms with E-state index in [1.807, 2.05) is 91.0 Å². The van der Waals surface area contributed by atoms with E-state index in [1.165, 1.54) is 4.52 Å². The van der Waals surface area contributed by atoms with Gasteiger partial charge in [-0.15, -0.1) is 0 Å². The van der Waals surface area contributed by atoms with Crippen LogP contribution in [-0.4, -0.2) is 43.0 Å². The number of imide groups is 1. The lowest BCUT2D eigenvalue weighted by Crippen LogP contribution is -2.32. The first-order valence-corrected chi connectivity index (χ1v) is 12.8. The minimum absolute atomic E-state index is 0.0810. The van der Waals surface area contributed by atoms with E-state index in [1.54, 1.807) is 6.20 Å². The van der Waals surface area contributed by atoms with Gasteiger partial charge in [-0.05, 0) is 29.3 Å². The van der Waals surface area contributed by atoms with Crippen molar-refractivity contribution in [2.45, 2.75) is 6.54 Å². The molecular formula is C31H22N6O3. The number of pyridine rings is 1. The molecule has 2 N–H and O–H groups in total. The predicted octanol–water partition coefficient (Wildman–Crippen LogP) is 4.62. The number of fused-ring (bicyclic) bond motifs is 2. The Morgan fingerprint density at radius 3 is 2.25 bits per heavy atom. The molecule has 0 unspecified atom stereocenters. The monoisotopic (exact) mass is 526 g/mol. The number of urea groups is 1. The summed E-state index contributed by atoms with van der Waals surface area (Å²) in [4.78, 5) is 48.3. The number of carbonyl (C=O) groups excluding carboxylic acids is 2. The van der Waals surface area contributed by atoms with Crippen molar-refractivity contribution < 1.29 is 9.59 Å². The van der Waals surface area contributed by atoms with E-state index >= 15 is 0 Å². The number of carbonyl (C=O) groups is 2. The Balaban J connectivity index is 1.54. The van der Waals surface area contributed by atoms with Crippen LogP contribution in [0.4, 0.5) is 4.79 Å². The Bertz CT molecular complexity index is 1980.